The zero-order valence-corrected chi connectivity index (χ0v) is 14.4. The van der Waals surface area contributed by atoms with Crippen molar-refractivity contribution in [1.82, 2.24) is 13.9 Å². The average Bonchev–Trinajstić information content (AvgIpc) is 2.49. The van der Waals surface area contributed by atoms with Gasteiger partial charge in [0.1, 0.15) is 0 Å². The smallest absolute Gasteiger partial charge is 0.282 e. The summed E-state index contributed by atoms with van der Waals surface area (Å²) >= 11 is 0. The molecule has 2 heterocycles. The summed E-state index contributed by atoms with van der Waals surface area (Å²) in [7, 11) is -1.28. The topological polar surface area (TPSA) is 52.7 Å². The van der Waals surface area contributed by atoms with Crippen LogP contribution in [0.2, 0.25) is 0 Å². The summed E-state index contributed by atoms with van der Waals surface area (Å²) in [6.45, 7) is 5.22. The van der Waals surface area contributed by atoms with E-state index in [0.717, 1.165) is 45.1 Å². The lowest BCUT2D eigenvalue weighted by molar-refractivity contribution is 0.202. The Kier molecular flexibility index (Phi) is 6.47. The van der Waals surface area contributed by atoms with Crippen LogP contribution in [0.1, 0.15) is 51.9 Å². The summed E-state index contributed by atoms with van der Waals surface area (Å²) in [6.07, 6.45) is 7.22. The van der Waals surface area contributed by atoms with Gasteiger partial charge in [0.05, 0.1) is 0 Å². The third-order valence-corrected chi connectivity index (χ3v) is 6.98. The van der Waals surface area contributed by atoms with Gasteiger partial charge in [0.25, 0.3) is 10.2 Å². The lowest BCUT2D eigenvalue weighted by Gasteiger charge is -2.40. The maximum atomic E-state index is 12.9. The highest BCUT2D eigenvalue weighted by Gasteiger charge is 2.37. The Hall–Kier alpha value is -0.170. The van der Waals surface area contributed by atoms with E-state index in [1.807, 2.05) is 7.05 Å². The van der Waals surface area contributed by atoms with Crippen LogP contribution in [0.5, 0.6) is 0 Å². The molecule has 0 spiro atoms. The van der Waals surface area contributed by atoms with E-state index in [4.69, 9.17) is 0 Å². The van der Waals surface area contributed by atoms with E-state index in [0.29, 0.717) is 25.6 Å². The number of piperidine rings is 2. The molecule has 0 saturated carbocycles. The third-order valence-electron chi connectivity index (χ3n) is 4.88. The second-order valence-electron chi connectivity index (χ2n) is 6.46. The molecular formula is C15H31N3O2S. The van der Waals surface area contributed by atoms with E-state index in [-0.39, 0.29) is 6.04 Å². The van der Waals surface area contributed by atoms with Crippen molar-refractivity contribution in [2.75, 3.05) is 33.2 Å². The summed E-state index contributed by atoms with van der Waals surface area (Å²) in [5.41, 5.74) is 0. The van der Waals surface area contributed by atoms with E-state index in [2.05, 4.69) is 12.2 Å². The van der Waals surface area contributed by atoms with Crippen LogP contribution in [0.25, 0.3) is 0 Å². The SMILES string of the molecule is CCCC1CCCCN1S(=O)(=O)N1CCC(CNC)CC1. The van der Waals surface area contributed by atoms with Gasteiger partial charge in [-0.05, 0) is 51.6 Å². The zero-order valence-electron chi connectivity index (χ0n) is 13.6. The minimum absolute atomic E-state index is 0.226. The molecule has 1 atom stereocenters. The van der Waals surface area contributed by atoms with Gasteiger partial charge < -0.3 is 5.32 Å². The normalized spacial score (nSPS) is 27.0. The first kappa shape index (κ1) is 17.2. The first-order chi connectivity index (χ1) is 10.1. The van der Waals surface area contributed by atoms with Crippen LogP contribution in [-0.2, 0) is 10.2 Å². The van der Waals surface area contributed by atoms with E-state index >= 15 is 0 Å². The molecule has 5 nitrogen and oxygen atoms in total. The molecule has 2 fully saturated rings. The molecule has 2 aliphatic heterocycles. The second-order valence-corrected chi connectivity index (χ2v) is 8.34. The average molecular weight is 317 g/mol. The quantitative estimate of drug-likeness (QED) is 0.813. The summed E-state index contributed by atoms with van der Waals surface area (Å²) in [4.78, 5) is 0. The van der Waals surface area contributed by atoms with Crippen LogP contribution in [0.3, 0.4) is 0 Å². The lowest BCUT2D eigenvalue weighted by atomic mass is 9.98. The van der Waals surface area contributed by atoms with Crippen molar-refractivity contribution in [1.29, 1.82) is 0 Å². The Morgan fingerprint density at radius 2 is 1.81 bits per heavy atom. The first-order valence-electron chi connectivity index (χ1n) is 8.51. The zero-order chi connectivity index (χ0) is 15.3. The fraction of sp³-hybridized carbons (Fsp3) is 1.00. The highest BCUT2D eigenvalue weighted by molar-refractivity contribution is 7.86. The van der Waals surface area contributed by atoms with E-state index in [9.17, 15) is 8.42 Å². The van der Waals surface area contributed by atoms with Gasteiger partial charge in [0.2, 0.25) is 0 Å². The fourth-order valence-electron chi connectivity index (χ4n) is 3.68. The second kappa shape index (κ2) is 7.90. The van der Waals surface area contributed by atoms with Gasteiger partial charge in [-0.3, -0.25) is 0 Å². The van der Waals surface area contributed by atoms with Crippen molar-refractivity contribution >= 4 is 10.2 Å². The number of hydrogen-bond acceptors (Lipinski definition) is 3. The van der Waals surface area contributed by atoms with Crippen molar-refractivity contribution in [2.24, 2.45) is 5.92 Å². The van der Waals surface area contributed by atoms with Crippen LogP contribution >= 0.6 is 0 Å². The Morgan fingerprint density at radius 3 is 2.43 bits per heavy atom. The van der Waals surface area contributed by atoms with Crippen molar-refractivity contribution in [2.45, 2.75) is 57.9 Å². The van der Waals surface area contributed by atoms with Crippen LogP contribution in [0.15, 0.2) is 0 Å². The molecule has 0 amide bonds. The largest absolute Gasteiger partial charge is 0.319 e. The Bertz CT molecular complexity index is 403. The van der Waals surface area contributed by atoms with Gasteiger partial charge in [0, 0.05) is 25.7 Å². The van der Waals surface area contributed by atoms with E-state index in [1.54, 1.807) is 8.61 Å². The van der Waals surface area contributed by atoms with Crippen molar-refractivity contribution < 1.29 is 8.42 Å². The van der Waals surface area contributed by atoms with Crippen LogP contribution in [0.4, 0.5) is 0 Å². The van der Waals surface area contributed by atoms with Crippen molar-refractivity contribution in [3.8, 4) is 0 Å². The molecule has 0 aliphatic carbocycles. The minimum Gasteiger partial charge on any atom is -0.319 e. The third kappa shape index (κ3) is 4.18. The number of hydrogen-bond donors (Lipinski definition) is 1. The molecule has 2 aliphatic rings. The van der Waals surface area contributed by atoms with Gasteiger partial charge in [-0.2, -0.15) is 17.0 Å². The molecule has 1 unspecified atom stereocenters. The van der Waals surface area contributed by atoms with Crippen LogP contribution < -0.4 is 5.32 Å². The van der Waals surface area contributed by atoms with Gasteiger partial charge in [-0.25, -0.2) is 0 Å². The maximum Gasteiger partial charge on any atom is 0.282 e. The minimum atomic E-state index is -3.25. The van der Waals surface area contributed by atoms with Crippen LogP contribution in [0, 0.1) is 5.92 Å². The Balaban J connectivity index is 2.00. The Morgan fingerprint density at radius 1 is 1.10 bits per heavy atom. The number of nitrogens with zero attached hydrogens (tertiary/aromatic N) is 2. The summed E-state index contributed by atoms with van der Waals surface area (Å²) in [5.74, 6) is 0.620. The molecule has 1 N–H and O–H groups in total. The molecule has 2 saturated heterocycles. The van der Waals surface area contributed by atoms with Gasteiger partial charge >= 0.3 is 0 Å². The maximum absolute atomic E-state index is 12.9. The summed E-state index contributed by atoms with van der Waals surface area (Å²) in [6, 6.07) is 0.226. The molecule has 0 aromatic rings. The number of rotatable bonds is 6. The van der Waals surface area contributed by atoms with Crippen molar-refractivity contribution in [3.05, 3.63) is 0 Å². The molecule has 0 radical (unpaired) electrons. The molecule has 21 heavy (non-hydrogen) atoms. The lowest BCUT2D eigenvalue weighted by Crippen LogP contribution is -2.52. The van der Waals surface area contributed by atoms with Crippen molar-refractivity contribution in [3.63, 3.8) is 0 Å². The Labute approximate surface area is 130 Å². The number of nitrogens with one attached hydrogen (secondary N) is 1. The van der Waals surface area contributed by atoms with E-state index < -0.39 is 10.2 Å². The van der Waals surface area contributed by atoms with Crippen LogP contribution in [-0.4, -0.2) is 56.3 Å². The summed E-state index contributed by atoms with van der Waals surface area (Å²) in [5, 5.41) is 3.20. The highest BCUT2D eigenvalue weighted by Crippen LogP contribution is 2.28. The molecule has 124 valence electrons. The molecule has 0 bridgehead atoms. The standard InChI is InChI=1S/C15H31N3O2S/c1-3-6-15-7-4-5-10-18(15)21(19,20)17-11-8-14(9-12-17)13-16-2/h14-16H,3-13H2,1-2H3. The monoisotopic (exact) mass is 317 g/mol. The molecule has 0 aromatic carbocycles. The molecule has 2 rings (SSSR count). The molecular weight excluding hydrogens is 286 g/mol. The van der Waals surface area contributed by atoms with Gasteiger partial charge in [-0.1, -0.05) is 19.8 Å². The van der Waals surface area contributed by atoms with Gasteiger partial charge in [0.15, 0.2) is 0 Å². The molecule has 0 aromatic heterocycles. The summed E-state index contributed by atoms with van der Waals surface area (Å²) < 4.78 is 29.4. The molecule has 6 heteroatoms. The predicted octanol–water partition coefficient (Wildman–Crippen LogP) is 1.82. The van der Waals surface area contributed by atoms with E-state index in [1.165, 1.54) is 6.42 Å². The predicted molar refractivity (Wildman–Crippen MR) is 86.4 cm³/mol. The highest BCUT2D eigenvalue weighted by atomic mass is 32.2. The fourth-order valence-corrected chi connectivity index (χ4v) is 5.60. The first-order valence-corrected chi connectivity index (χ1v) is 9.90. The van der Waals surface area contributed by atoms with Gasteiger partial charge in [-0.15, -0.1) is 0 Å².